The van der Waals surface area contributed by atoms with Crippen LogP contribution in [-0.2, 0) is 0 Å². The smallest absolute Gasteiger partial charge is 0.170 e. The predicted octanol–water partition coefficient (Wildman–Crippen LogP) is 1.46. The van der Waals surface area contributed by atoms with E-state index in [1.165, 1.54) is 4.33 Å². The van der Waals surface area contributed by atoms with Crippen molar-refractivity contribution in [1.82, 2.24) is 0 Å². The van der Waals surface area contributed by atoms with Crippen LogP contribution >= 0.6 is 31.7 Å². The highest BCUT2D eigenvalue weighted by molar-refractivity contribution is 14.1. The second kappa shape index (κ2) is 3.42. The van der Waals surface area contributed by atoms with Crippen LogP contribution in [0.3, 0.4) is 0 Å². The third kappa shape index (κ3) is 5.22. The van der Waals surface area contributed by atoms with Gasteiger partial charge in [-0.3, -0.25) is 0 Å². The van der Waals surface area contributed by atoms with Crippen molar-refractivity contribution in [3.8, 4) is 0 Å². The summed E-state index contributed by atoms with van der Waals surface area (Å²) in [6.07, 6.45) is 0.788. The summed E-state index contributed by atoms with van der Waals surface area (Å²) in [7, 11) is 2.73. The lowest BCUT2D eigenvalue weighted by atomic mass is 9.84. The predicted molar refractivity (Wildman–Crippen MR) is 40.2 cm³/mol. The van der Waals surface area contributed by atoms with Crippen molar-refractivity contribution in [2.45, 2.75) is 6.82 Å². The lowest BCUT2D eigenvalue weighted by Crippen LogP contribution is -1.93. The van der Waals surface area contributed by atoms with Crippen molar-refractivity contribution >= 4 is 38.1 Å². The van der Waals surface area contributed by atoms with E-state index < -0.39 is 0 Å². The molecule has 0 aliphatic carbocycles. The van der Waals surface area contributed by atoms with Crippen LogP contribution < -0.4 is 0 Å². The largest absolute Gasteiger partial charge is 0.171 e. The van der Waals surface area contributed by atoms with Crippen LogP contribution in [0, 0.1) is 0 Å². The van der Waals surface area contributed by atoms with Gasteiger partial charge in [0.15, 0.2) is 6.43 Å². The number of alkyl halides is 1. The Kier molecular flexibility index (Phi) is 4.25. The molecule has 1 unspecified atom stereocenters. The SMILES string of the molecule is CB(P)CI. The van der Waals surface area contributed by atoms with E-state index in [1.54, 1.807) is 0 Å². The Bertz CT molecular complexity index is 23.6. The minimum atomic E-state index is 0.788. The zero-order valence-electron chi connectivity index (χ0n) is 3.24. The summed E-state index contributed by atoms with van der Waals surface area (Å²) in [6.45, 7) is 2.18. The maximum atomic E-state index is 2.73. The summed E-state index contributed by atoms with van der Waals surface area (Å²) in [5.41, 5.74) is 0. The third-order valence-electron chi connectivity index (χ3n) is 0.243. The molecule has 0 saturated heterocycles. The molecule has 0 amide bonds. The minimum Gasteiger partial charge on any atom is -0.170 e. The van der Waals surface area contributed by atoms with E-state index in [-0.39, 0.29) is 0 Å². The summed E-state index contributed by atoms with van der Waals surface area (Å²) < 4.78 is 1.24. The van der Waals surface area contributed by atoms with Gasteiger partial charge in [0, 0.05) is 0 Å². The maximum absolute atomic E-state index is 2.73. The van der Waals surface area contributed by atoms with Gasteiger partial charge in [-0.05, 0) is 4.33 Å². The van der Waals surface area contributed by atoms with Crippen LogP contribution in [0.2, 0.25) is 6.82 Å². The Labute approximate surface area is 49.5 Å². The fourth-order valence-corrected chi connectivity index (χ4v) is 0. The molecule has 0 nitrogen and oxygen atoms in total. The van der Waals surface area contributed by atoms with E-state index in [0.717, 1.165) is 6.43 Å². The molecule has 3 heteroatoms. The van der Waals surface area contributed by atoms with Gasteiger partial charge in [0.1, 0.15) is 0 Å². The highest BCUT2D eigenvalue weighted by Crippen LogP contribution is 1.95. The van der Waals surface area contributed by atoms with Gasteiger partial charge in [0.05, 0.1) is 0 Å². The molecule has 0 aliphatic heterocycles. The lowest BCUT2D eigenvalue weighted by Gasteiger charge is -1.82. The topological polar surface area (TPSA) is 0 Å². The van der Waals surface area contributed by atoms with Crippen molar-refractivity contribution in [3.05, 3.63) is 0 Å². The summed E-state index contributed by atoms with van der Waals surface area (Å²) >= 11 is 2.36. The van der Waals surface area contributed by atoms with Gasteiger partial charge in [0.2, 0.25) is 0 Å². The van der Waals surface area contributed by atoms with E-state index in [4.69, 9.17) is 0 Å². The Balaban J connectivity index is 2.54. The number of rotatable bonds is 1. The summed E-state index contributed by atoms with van der Waals surface area (Å²) in [5.74, 6) is 0. The molecule has 0 aromatic heterocycles. The van der Waals surface area contributed by atoms with Gasteiger partial charge < -0.3 is 0 Å². The molecule has 30 valence electrons. The zero-order chi connectivity index (χ0) is 4.28. The number of hydrogen-bond donors (Lipinski definition) is 0. The van der Waals surface area contributed by atoms with Gasteiger partial charge in [-0.25, -0.2) is 0 Å². The monoisotopic (exact) mass is 200 g/mol. The molecule has 0 bridgehead atoms. The molecule has 0 rings (SSSR count). The first-order valence-electron chi connectivity index (χ1n) is 1.59. The molecular weight excluding hydrogens is 193 g/mol. The van der Waals surface area contributed by atoms with Gasteiger partial charge in [0.25, 0.3) is 0 Å². The Hall–Kier alpha value is 1.22. The second-order valence-electron chi connectivity index (χ2n) is 1.13. The van der Waals surface area contributed by atoms with Crippen LogP contribution in [0.15, 0.2) is 0 Å². The van der Waals surface area contributed by atoms with Gasteiger partial charge in [-0.2, -0.15) is 9.12 Å². The maximum Gasteiger partial charge on any atom is 0.171 e. The molecule has 0 N–H and O–H groups in total. The Morgan fingerprint density at radius 2 is 2.20 bits per heavy atom. The van der Waals surface area contributed by atoms with Gasteiger partial charge in [-0.1, -0.05) is 29.4 Å². The normalized spacial score (nSPS) is 7.80. The van der Waals surface area contributed by atoms with E-state index in [1.807, 2.05) is 0 Å². The summed E-state index contributed by atoms with van der Waals surface area (Å²) in [5, 5.41) is 0. The molecule has 1 atom stereocenters. The van der Waals surface area contributed by atoms with Crippen molar-refractivity contribution in [2.24, 2.45) is 0 Å². The molecule has 0 saturated carbocycles. The van der Waals surface area contributed by atoms with Crippen molar-refractivity contribution in [2.75, 3.05) is 4.33 Å². The van der Waals surface area contributed by atoms with E-state index in [2.05, 4.69) is 38.5 Å². The van der Waals surface area contributed by atoms with Gasteiger partial charge in [-0.15, -0.1) is 0 Å². The molecule has 5 heavy (non-hydrogen) atoms. The third-order valence-corrected chi connectivity index (χ3v) is 2.83. The summed E-state index contributed by atoms with van der Waals surface area (Å²) in [4.78, 5) is 0. The van der Waals surface area contributed by atoms with Crippen LogP contribution in [0.25, 0.3) is 0 Å². The quantitative estimate of drug-likeness (QED) is 0.260. The van der Waals surface area contributed by atoms with E-state index >= 15 is 0 Å². The molecule has 0 radical (unpaired) electrons. The molecule has 0 spiro atoms. The standard InChI is InChI=1S/C2H7BIP/c1-3(5)2-4/h2,5H2,1H3. The van der Waals surface area contributed by atoms with Crippen LogP contribution in [0.5, 0.6) is 0 Å². The molecule has 0 fully saturated rings. The van der Waals surface area contributed by atoms with Crippen molar-refractivity contribution in [3.63, 3.8) is 0 Å². The Morgan fingerprint density at radius 3 is 2.20 bits per heavy atom. The fourth-order valence-electron chi connectivity index (χ4n) is 0. The van der Waals surface area contributed by atoms with Crippen LogP contribution in [-0.4, -0.2) is 10.8 Å². The highest BCUT2D eigenvalue weighted by atomic mass is 127. The van der Waals surface area contributed by atoms with E-state index in [9.17, 15) is 0 Å². The molecule has 0 aromatic carbocycles. The fraction of sp³-hybridized carbons (Fsp3) is 1.00. The van der Waals surface area contributed by atoms with Crippen LogP contribution in [0.4, 0.5) is 0 Å². The zero-order valence-corrected chi connectivity index (χ0v) is 6.55. The minimum absolute atomic E-state index is 0.788. The first kappa shape index (κ1) is 6.22. The molecule has 0 heterocycles. The molecule has 0 aliphatic rings. The van der Waals surface area contributed by atoms with Crippen molar-refractivity contribution in [1.29, 1.82) is 0 Å². The number of hydrogen-bond acceptors (Lipinski definition) is 0. The lowest BCUT2D eigenvalue weighted by molar-refractivity contribution is 2.10. The number of halogens is 1. The Morgan fingerprint density at radius 1 is 2.00 bits per heavy atom. The second-order valence-corrected chi connectivity index (χ2v) is 3.15. The average molecular weight is 200 g/mol. The molecule has 0 aromatic rings. The van der Waals surface area contributed by atoms with E-state index in [0.29, 0.717) is 0 Å². The van der Waals surface area contributed by atoms with Gasteiger partial charge >= 0.3 is 0 Å². The first-order valence-corrected chi connectivity index (χ1v) is 3.78. The highest BCUT2D eigenvalue weighted by Gasteiger charge is 1.88. The van der Waals surface area contributed by atoms with Crippen molar-refractivity contribution < 1.29 is 0 Å². The molecular formula is C2H7BIP. The first-order chi connectivity index (χ1) is 2.27. The average Bonchev–Trinajstić information content (AvgIpc) is 1.38. The van der Waals surface area contributed by atoms with Crippen LogP contribution in [0.1, 0.15) is 0 Å². The summed E-state index contributed by atoms with van der Waals surface area (Å²) in [6, 6.07) is 0.